The number of hydrogen-bond acceptors (Lipinski definition) is 4. The van der Waals surface area contributed by atoms with Crippen LogP contribution >= 0.6 is 15.9 Å². The lowest BCUT2D eigenvalue weighted by atomic mass is 10.0. The zero-order chi connectivity index (χ0) is 17.7. The minimum atomic E-state index is -0.324. The third-order valence-electron chi connectivity index (χ3n) is 3.78. The number of rotatable bonds is 6. The molecule has 0 aliphatic carbocycles. The van der Waals surface area contributed by atoms with E-state index in [1.54, 1.807) is 19.2 Å². The minimum Gasteiger partial charge on any atom is -0.507 e. The van der Waals surface area contributed by atoms with Crippen LogP contribution in [0.15, 0.2) is 46.9 Å². The van der Waals surface area contributed by atoms with Crippen molar-refractivity contribution in [3.63, 3.8) is 0 Å². The van der Waals surface area contributed by atoms with Crippen LogP contribution in [0.5, 0.6) is 11.5 Å². The second-order valence-corrected chi connectivity index (χ2v) is 6.51. The standard InChI is InChI=1S/C18H21BrN2O3/c1-21(2)15(13-6-4-5-7-17(13)24-3)11-20-18(23)14-10-12(19)8-9-16(14)22/h4-10,15,22H,11H2,1-3H3,(H,20,23)/t15-/m0/s1. The molecule has 2 rings (SSSR count). The first-order valence-corrected chi connectivity index (χ1v) is 8.29. The summed E-state index contributed by atoms with van der Waals surface area (Å²) in [7, 11) is 5.52. The molecule has 2 aromatic carbocycles. The van der Waals surface area contributed by atoms with Crippen LogP contribution in [-0.4, -0.2) is 43.7 Å². The summed E-state index contributed by atoms with van der Waals surface area (Å²) < 4.78 is 6.15. The van der Waals surface area contributed by atoms with Gasteiger partial charge < -0.3 is 20.1 Å². The van der Waals surface area contributed by atoms with E-state index in [1.165, 1.54) is 6.07 Å². The van der Waals surface area contributed by atoms with E-state index in [0.29, 0.717) is 6.54 Å². The molecule has 0 radical (unpaired) electrons. The van der Waals surface area contributed by atoms with E-state index >= 15 is 0 Å². The summed E-state index contributed by atoms with van der Waals surface area (Å²) >= 11 is 3.31. The highest BCUT2D eigenvalue weighted by molar-refractivity contribution is 9.10. The average molecular weight is 393 g/mol. The molecule has 2 aromatic rings. The van der Waals surface area contributed by atoms with Crippen molar-refractivity contribution in [2.45, 2.75) is 6.04 Å². The van der Waals surface area contributed by atoms with E-state index in [0.717, 1.165) is 15.8 Å². The summed E-state index contributed by atoms with van der Waals surface area (Å²) in [5.74, 6) is 0.403. The van der Waals surface area contributed by atoms with E-state index in [2.05, 4.69) is 21.2 Å². The van der Waals surface area contributed by atoms with Gasteiger partial charge in [0.25, 0.3) is 5.91 Å². The molecule has 0 aliphatic heterocycles. The number of phenols is 1. The van der Waals surface area contributed by atoms with Gasteiger partial charge in [0.15, 0.2) is 0 Å². The van der Waals surface area contributed by atoms with E-state index in [4.69, 9.17) is 4.74 Å². The molecule has 0 aromatic heterocycles. The lowest BCUT2D eigenvalue weighted by Gasteiger charge is -2.26. The van der Waals surface area contributed by atoms with Crippen molar-refractivity contribution in [2.24, 2.45) is 0 Å². The van der Waals surface area contributed by atoms with Crippen molar-refractivity contribution in [1.82, 2.24) is 10.2 Å². The molecule has 0 spiro atoms. The highest BCUT2D eigenvalue weighted by Gasteiger charge is 2.20. The number of carbonyl (C=O) groups excluding carboxylic acids is 1. The van der Waals surface area contributed by atoms with Crippen LogP contribution < -0.4 is 10.1 Å². The lowest BCUT2D eigenvalue weighted by Crippen LogP contribution is -2.34. The smallest absolute Gasteiger partial charge is 0.255 e. The number of methoxy groups -OCH3 is 1. The van der Waals surface area contributed by atoms with Crippen molar-refractivity contribution in [1.29, 1.82) is 0 Å². The second kappa shape index (κ2) is 8.17. The molecule has 0 fully saturated rings. The number of ether oxygens (including phenoxy) is 1. The predicted molar refractivity (Wildman–Crippen MR) is 97.6 cm³/mol. The third kappa shape index (κ3) is 4.27. The first kappa shape index (κ1) is 18.3. The number of aromatic hydroxyl groups is 1. The second-order valence-electron chi connectivity index (χ2n) is 5.59. The van der Waals surface area contributed by atoms with Crippen molar-refractivity contribution in [3.05, 3.63) is 58.1 Å². The largest absolute Gasteiger partial charge is 0.507 e. The Balaban J connectivity index is 2.17. The summed E-state index contributed by atoms with van der Waals surface area (Å²) in [5.41, 5.74) is 1.23. The van der Waals surface area contributed by atoms with Gasteiger partial charge >= 0.3 is 0 Å². The van der Waals surface area contributed by atoms with Crippen molar-refractivity contribution < 1.29 is 14.6 Å². The van der Waals surface area contributed by atoms with Gasteiger partial charge in [0.2, 0.25) is 0 Å². The number of phenolic OH excluding ortho intramolecular Hbond substituents is 1. The Kier molecular flexibility index (Phi) is 6.23. The van der Waals surface area contributed by atoms with E-state index in [9.17, 15) is 9.90 Å². The number of amides is 1. The zero-order valence-electron chi connectivity index (χ0n) is 13.9. The van der Waals surface area contributed by atoms with Gasteiger partial charge in [-0.3, -0.25) is 4.79 Å². The molecule has 0 unspecified atom stereocenters. The van der Waals surface area contributed by atoms with Crippen LogP contribution in [0.1, 0.15) is 22.0 Å². The van der Waals surface area contributed by atoms with Gasteiger partial charge in [0, 0.05) is 16.6 Å². The Morgan fingerprint density at radius 3 is 2.67 bits per heavy atom. The van der Waals surface area contributed by atoms with Crippen LogP contribution in [-0.2, 0) is 0 Å². The van der Waals surface area contributed by atoms with Gasteiger partial charge in [0.1, 0.15) is 11.5 Å². The predicted octanol–water partition coefficient (Wildman–Crippen LogP) is 3.20. The van der Waals surface area contributed by atoms with Gasteiger partial charge in [-0.1, -0.05) is 34.1 Å². The quantitative estimate of drug-likeness (QED) is 0.792. The SMILES string of the molecule is COc1ccccc1[C@H](CNC(=O)c1cc(Br)ccc1O)N(C)C. The molecule has 0 saturated heterocycles. The highest BCUT2D eigenvalue weighted by Crippen LogP contribution is 2.28. The molecule has 0 bridgehead atoms. The van der Waals surface area contributed by atoms with E-state index in [-0.39, 0.29) is 23.3 Å². The monoisotopic (exact) mass is 392 g/mol. The number of halogens is 1. The fourth-order valence-electron chi connectivity index (χ4n) is 2.49. The van der Waals surface area contributed by atoms with E-state index in [1.807, 2.05) is 43.3 Å². The number of nitrogens with one attached hydrogen (secondary N) is 1. The number of hydrogen-bond donors (Lipinski definition) is 2. The molecule has 0 heterocycles. The Bertz CT molecular complexity index is 719. The molecule has 128 valence electrons. The number of benzene rings is 2. The van der Waals surface area contributed by atoms with Gasteiger partial charge in [-0.15, -0.1) is 0 Å². The summed E-state index contributed by atoms with van der Waals surface area (Å²) in [5, 5.41) is 12.7. The maximum absolute atomic E-state index is 12.4. The number of nitrogens with zero attached hydrogens (tertiary/aromatic N) is 1. The first-order valence-electron chi connectivity index (χ1n) is 7.50. The molecule has 6 heteroatoms. The van der Waals surface area contributed by atoms with Crippen LogP contribution in [0.3, 0.4) is 0 Å². The molecule has 1 atom stereocenters. The number of para-hydroxylation sites is 1. The van der Waals surface area contributed by atoms with Crippen molar-refractivity contribution in [3.8, 4) is 11.5 Å². The fraction of sp³-hybridized carbons (Fsp3) is 0.278. The summed E-state index contributed by atoms with van der Waals surface area (Å²) in [6.45, 7) is 0.387. The summed E-state index contributed by atoms with van der Waals surface area (Å²) in [6, 6.07) is 12.4. The van der Waals surface area contributed by atoms with Crippen molar-refractivity contribution >= 4 is 21.8 Å². The molecule has 1 amide bonds. The third-order valence-corrected chi connectivity index (χ3v) is 4.27. The van der Waals surface area contributed by atoms with Gasteiger partial charge in [-0.05, 0) is 38.4 Å². The molecule has 0 aliphatic rings. The van der Waals surface area contributed by atoms with Crippen LogP contribution in [0, 0.1) is 0 Å². The summed E-state index contributed by atoms with van der Waals surface area (Å²) in [4.78, 5) is 14.4. The Labute approximate surface area is 150 Å². The minimum absolute atomic E-state index is 0.0469. The zero-order valence-corrected chi connectivity index (χ0v) is 15.5. The van der Waals surface area contributed by atoms with Crippen molar-refractivity contribution in [2.75, 3.05) is 27.7 Å². The topological polar surface area (TPSA) is 61.8 Å². The first-order chi connectivity index (χ1) is 11.4. The fourth-order valence-corrected chi connectivity index (χ4v) is 2.85. The Morgan fingerprint density at radius 2 is 2.00 bits per heavy atom. The van der Waals surface area contributed by atoms with Gasteiger partial charge in [-0.25, -0.2) is 0 Å². The van der Waals surface area contributed by atoms with Gasteiger partial charge in [-0.2, -0.15) is 0 Å². The van der Waals surface area contributed by atoms with Crippen LogP contribution in [0.25, 0.3) is 0 Å². The molecule has 0 saturated carbocycles. The van der Waals surface area contributed by atoms with Crippen LogP contribution in [0.2, 0.25) is 0 Å². The normalized spacial score (nSPS) is 12.0. The maximum atomic E-state index is 12.4. The number of carbonyl (C=O) groups is 1. The highest BCUT2D eigenvalue weighted by atomic mass is 79.9. The van der Waals surface area contributed by atoms with E-state index < -0.39 is 0 Å². The molecule has 24 heavy (non-hydrogen) atoms. The Hall–Kier alpha value is -2.05. The maximum Gasteiger partial charge on any atom is 0.255 e. The molecular formula is C18H21BrN2O3. The number of likely N-dealkylation sites (N-methyl/N-ethyl adjacent to an activating group) is 1. The molecule has 2 N–H and O–H groups in total. The molecular weight excluding hydrogens is 372 g/mol. The summed E-state index contributed by atoms with van der Waals surface area (Å²) in [6.07, 6.45) is 0. The lowest BCUT2D eigenvalue weighted by molar-refractivity contribution is 0.0938. The average Bonchev–Trinajstić information content (AvgIpc) is 2.57. The van der Waals surface area contributed by atoms with Crippen LogP contribution in [0.4, 0.5) is 0 Å². The molecule has 5 nitrogen and oxygen atoms in total. The van der Waals surface area contributed by atoms with Gasteiger partial charge in [0.05, 0.1) is 18.7 Å². The Morgan fingerprint density at radius 1 is 1.29 bits per heavy atom.